The highest BCUT2D eigenvalue weighted by atomic mass is 16.5. The Balaban J connectivity index is 1.98. The first-order valence-electron chi connectivity index (χ1n) is 12.6. The molecule has 182 valence electrons. The predicted octanol–water partition coefficient (Wildman–Crippen LogP) is 6.55. The van der Waals surface area contributed by atoms with E-state index < -0.39 is 0 Å². The van der Waals surface area contributed by atoms with Crippen LogP contribution in [0.15, 0.2) is 36.5 Å². The Kier molecular flexibility index (Phi) is 9.33. The largest absolute Gasteiger partial charge is 0.466 e. The normalized spacial score (nSPS) is 14.9. The SMILES string of the molecule is CCOC(=O)CC(C)c1ccc(N(CC(C)C)C2CCCCC2)c(Nc2ccc(C#N)cn2)c1. The first kappa shape index (κ1) is 25.6. The fraction of sp³-hybridized carbons (Fsp3) is 0.536. The van der Waals surface area contributed by atoms with Gasteiger partial charge in [-0.15, -0.1) is 0 Å². The van der Waals surface area contributed by atoms with Gasteiger partial charge in [0.2, 0.25) is 0 Å². The van der Waals surface area contributed by atoms with Gasteiger partial charge in [-0.25, -0.2) is 4.98 Å². The van der Waals surface area contributed by atoms with E-state index in [0.29, 0.717) is 36.4 Å². The molecule has 3 rings (SSSR count). The number of nitrogens with zero attached hydrogens (tertiary/aromatic N) is 3. The zero-order valence-corrected chi connectivity index (χ0v) is 21.0. The second-order valence-electron chi connectivity index (χ2n) is 9.69. The molecule has 1 heterocycles. The molecule has 1 fully saturated rings. The van der Waals surface area contributed by atoms with Crippen LogP contribution in [0.4, 0.5) is 17.2 Å². The summed E-state index contributed by atoms with van der Waals surface area (Å²) in [5.74, 6) is 1.09. The maximum absolute atomic E-state index is 12.1. The summed E-state index contributed by atoms with van der Waals surface area (Å²) in [4.78, 5) is 19.1. The second-order valence-corrected chi connectivity index (χ2v) is 9.69. The van der Waals surface area contributed by atoms with Gasteiger partial charge in [-0.05, 0) is 61.4 Å². The lowest BCUT2D eigenvalue weighted by molar-refractivity contribution is -0.143. The maximum atomic E-state index is 12.1. The highest BCUT2D eigenvalue weighted by Crippen LogP contribution is 2.37. The van der Waals surface area contributed by atoms with Crippen LogP contribution in [0, 0.1) is 17.2 Å². The molecule has 1 atom stereocenters. The number of aromatic nitrogens is 1. The molecule has 0 aliphatic heterocycles. The first-order chi connectivity index (χ1) is 16.4. The van der Waals surface area contributed by atoms with E-state index >= 15 is 0 Å². The molecule has 0 radical (unpaired) electrons. The molecule has 0 bridgehead atoms. The van der Waals surface area contributed by atoms with E-state index in [1.807, 2.05) is 13.0 Å². The smallest absolute Gasteiger partial charge is 0.306 e. The van der Waals surface area contributed by atoms with E-state index in [-0.39, 0.29) is 11.9 Å². The second kappa shape index (κ2) is 12.4. The van der Waals surface area contributed by atoms with E-state index in [0.717, 1.165) is 17.8 Å². The molecule has 1 aromatic heterocycles. The summed E-state index contributed by atoms with van der Waals surface area (Å²) in [5, 5.41) is 12.6. The lowest BCUT2D eigenvalue weighted by atomic mass is 9.92. The number of nitriles is 1. The molecule has 6 heteroatoms. The lowest BCUT2D eigenvalue weighted by Gasteiger charge is -2.38. The number of rotatable bonds is 10. The molecular formula is C28H38N4O2. The summed E-state index contributed by atoms with van der Waals surface area (Å²) in [6.45, 7) is 9.80. The molecule has 1 unspecified atom stereocenters. The van der Waals surface area contributed by atoms with Gasteiger partial charge in [0, 0.05) is 18.8 Å². The third-order valence-electron chi connectivity index (χ3n) is 6.41. The summed E-state index contributed by atoms with van der Waals surface area (Å²) in [7, 11) is 0. The molecule has 1 saturated carbocycles. The molecule has 0 saturated heterocycles. The number of pyridine rings is 1. The number of nitrogens with one attached hydrogen (secondary N) is 1. The molecule has 34 heavy (non-hydrogen) atoms. The molecular weight excluding hydrogens is 424 g/mol. The molecule has 0 spiro atoms. The number of carbonyl (C=O) groups excluding carboxylic acids is 1. The van der Waals surface area contributed by atoms with Crippen LogP contribution in [0.1, 0.15) is 83.3 Å². The van der Waals surface area contributed by atoms with Crippen LogP contribution in [0.25, 0.3) is 0 Å². The van der Waals surface area contributed by atoms with E-state index in [1.165, 1.54) is 37.8 Å². The fourth-order valence-electron chi connectivity index (χ4n) is 4.70. The fourth-order valence-corrected chi connectivity index (χ4v) is 4.70. The molecule has 1 N–H and O–H groups in total. The Morgan fingerprint density at radius 1 is 1.21 bits per heavy atom. The third-order valence-corrected chi connectivity index (χ3v) is 6.41. The highest BCUT2D eigenvalue weighted by Gasteiger charge is 2.25. The van der Waals surface area contributed by atoms with Crippen molar-refractivity contribution in [2.75, 3.05) is 23.4 Å². The Hall–Kier alpha value is -3.07. The Bertz CT molecular complexity index is 975. The van der Waals surface area contributed by atoms with Gasteiger partial charge >= 0.3 is 5.97 Å². The number of anilines is 3. The number of hydrogen-bond acceptors (Lipinski definition) is 6. The Morgan fingerprint density at radius 3 is 2.59 bits per heavy atom. The van der Waals surface area contributed by atoms with Crippen molar-refractivity contribution >= 4 is 23.2 Å². The zero-order chi connectivity index (χ0) is 24.5. The van der Waals surface area contributed by atoms with E-state index in [1.54, 1.807) is 12.3 Å². The summed E-state index contributed by atoms with van der Waals surface area (Å²) >= 11 is 0. The van der Waals surface area contributed by atoms with Gasteiger partial charge in [0.25, 0.3) is 0 Å². The van der Waals surface area contributed by atoms with Crippen LogP contribution < -0.4 is 10.2 Å². The summed E-state index contributed by atoms with van der Waals surface area (Å²) in [6, 6.07) is 12.7. The Morgan fingerprint density at radius 2 is 1.97 bits per heavy atom. The van der Waals surface area contributed by atoms with Crippen LogP contribution in [-0.2, 0) is 9.53 Å². The molecule has 6 nitrogen and oxygen atoms in total. The van der Waals surface area contributed by atoms with Crippen molar-refractivity contribution in [1.29, 1.82) is 5.26 Å². The standard InChI is InChI=1S/C28H38N4O2/c1-5-34-28(33)15-21(4)23-12-13-26(32(19-20(2)3)24-9-7-6-8-10-24)25(16-23)31-27-14-11-22(17-29)18-30-27/h11-14,16,18,20-21,24H,5-10,15,19H2,1-4H3,(H,30,31). The van der Waals surface area contributed by atoms with Crippen LogP contribution >= 0.6 is 0 Å². The highest BCUT2D eigenvalue weighted by molar-refractivity contribution is 5.76. The maximum Gasteiger partial charge on any atom is 0.306 e. The molecule has 1 aliphatic carbocycles. The number of esters is 1. The van der Waals surface area contributed by atoms with Gasteiger partial charge in [0.1, 0.15) is 11.9 Å². The number of hydrogen-bond donors (Lipinski definition) is 1. The van der Waals surface area contributed by atoms with E-state index in [9.17, 15) is 4.79 Å². The third kappa shape index (κ3) is 6.96. The van der Waals surface area contributed by atoms with Gasteiger partial charge < -0.3 is 15.0 Å². The lowest BCUT2D eigenvalue weighted by Crippen LogP contribution is -2.39. The number of carbonyl (C=O) groups is 1. The number of ether oxygens (including phenoxy) is 1. The van der Waals surface area contributed by atoms with Crippen molar-refractivity contribution in [3.8, 4) is 6.07 Å². The average Bonchev–Trinajstić information content (AvgIpc) is 2.83. The summed E-state index contributed by atoms with van der Waals surface area (Å²) in [6.07, 6.45) is 8.21. The predicted molar refractivity (Wildman–Crippen MR) is 137 cm³/mol. The van der Waals surface area contributed by atoms with Crippen molar-refractivity contribution in [2.24, 2.45) is 5.92 Å². The van der Waals surface area contributed by atoms with Crippen molar-refractivity contribution in [3.63, 3.8) is 0 Å². The van der Waals surface area contributed by atoms with Crippen molar-refractivity contribution < 1.29 is 9.53 Å². The van der Waals surface area contributed by atoms with Gasteiger partial charge in [0.15, 0.2) is 0 Å². The average molecular weight is 463 g/mol. The Labute approximate surface area is 204 Å². The minimum atomic E-state index is -0.175. The van der Waals surface area contributed by atoms with Crippen LogP contribution in [0.2, 0.25) is 0 Å². The van der Waals surface area contributed by atoms with Crippen molar-refractivity contribution in [2.45, 2.75) is 78.2 Å². The number of benzene rings is 1. The molecule has 1 aliphatic rings. The summed E-state index contributed by atoms with van der Waals surface area (Å²) < 4.78 is 5.17. The first-order valence-corrected chi connectivity index (χ1v) is 12.6. The van der Waals surface area contributed by atoms with Gasteiger partial charge in [-0.3, -0.25) is 4.79 Å². The van der Waals surface area contributed by atoms with Crippen LogP contribution in [0.5, 0.6) is 0 Å². The minimum Gasteiger partial charge on any atom is -0.466 e. The van der Waals surface area contributed by atoms with E-state index in [2.05, 4.69) is 60.2 Å². The van der Waals surface area contributed by atoms with Crippen molar-refractivity contribution in [1.82, 2.24) is 4.98 Å². The van der Waals surface area contributed by atoms with Gasteiger partial charge in [-0.2, -0.15) is 5.26 Å². The zero-order valence-electron chi connectivity index (χ0n) is 21.0. The van der Waals surface area contributed by atoms with E-state index in [4.69, 9.17) is 10.00 Å². The topological polar surface area (TPSA) is 78.2 Å². The quantitative estimate of drug-likeness (QED) is 0.403. The molecule has 0 amide bonds. The van der Waals surface area contributed by atoms with Gasteiger partial charge in [0.05, 0.1) is 30.0 Å². The van der Waals surface area contributed by atoms with Crippen LogP contribution in [0.3, 0.4) is 0 Å². The van der Waals surface area contributed by atoms with Gasteiger partial charge in [-0.1, -0.05) is 46.1 Å². The minimum absolute atomic E-state index is 0.0378. The summed E-state index contributed by atoms with van der Waals surface area (Å²) in [5.41, 5.74) is 3.77. The van der Waals surface area contributed by atoms with Crippen LogP contribution in [-0.4, -0.2) is 30.1 Å². The molecule has 1 aromatic carbocycles. The van der Waals surface area contributed by atoms with Crippen molar-refractivity contribution in [3.05, 3.63) is 47.7 Å². The molecule has 2 aromatic rings. The monoisotopic (exact) mass is 462 g/mol.